The lowest BCUT2D eigenvalue weighted by molar-refractivity contribution is -0.149. The van der Waals surface area contributed by atoms with Crippen molar-refractivity contribution in [1.29, 1.82) is 0 Å². The van der Waals surface area contributed by atoms with Crippen LogP contribution >= 0.6 is 11.3 Å². The van der Waals surface area contributed by atoms with Crippen molar-refractivity contribution >= 4 is 23.2 Å². The molecule has 1 aromatic heterocycles. The number of ether oxygens (including phenoxy) is 3. The number of carbonyl (C=O) groups excluding carboxylic acids is 2. The number of hydrogen-bond donors (Lipinski definition) is 1. The fraction of sp³-hybridized carbons (Fsp3) is 0.385. The summed E-state index contributed by atoms with van der Waals surface area (Å²) < 4.78 is 14.8. The van der Waals surface area contributed by atoms with Gasteiger partial charge in [-0.1, -0.05) is 6.07 Å². The first-order chi connectivity index (χ1) is 9.66. The Bertz CT molecular complexity index is 497. The van der Waals surface area contributed by atoms with E-state index in [1.165, 1.54) is 6.26 Å². The van der Waals surface area contributed by atoms with Crippen molar-refractivity contribution < 1.29 is 23.8 Å². The number of hydrogen-bond acceptors (Lipinski definition) is 6. The average Bonchev–Trinajstić information content (AvgIpc) is 3.00. The molecule has 0 saturated heterocycles. The smallest absolute Gasteiger partial charge is 0.377 e. The fourth-order valence-electron chi connectivity index (χ4n) is 1.57. The van der Waals surface area contributed by atoms with E-state index >= 15 is 0 Å². The summed E-state index contributed by atoms with van der Waals surface area (Å²) in [6.45, 7) is 2.21. The molecule has 1 aliphatic heterocycles. The molecule has 1 amide bonds. The van der Waals surface area contributed by atoms with Gasteiger partial charge in [0.2, 0.25) is 5.76 Å². The lowest BCUT2D eigenvalue weighted by Gasteiger charge is -2.15. The Hall–Kier alpha value is -2.02. The second kappa shape index (κ2) is 6.95. The maximum atomic E-state index is 11.7. The van der Waals surface area contributed by atoms with Crippen molar-refractivity contribution in [3.63, 3.8) is 0 Å². The van der Waals surface area contributed by atoms with Crippen LogP contribution in [0.4, 0.5) is 0 Å². The first-order valence-electron chi connectivity index (χ1n) is 6.11. The van der Waals surface area contributed by atoms with Gasteiger partial charge in [-0.3, -0.25) is 4.79 Å². The van der Waals surface area contributed by atoms with Crippen LogP contribution in [-0.4, -0.2) is 31.7 Å². The van der Waals surface area contributed by atoms with Gasteiger partial charge in [-0.15, -0.1) is 11.3 Å². The quantitative estimate of drug-likeness (QED) is 0.831. The van der Waals surface area contributed by atoms with E-state index in [1.54, 1.807) is 11.3 Å². The molecule has 1 atom stereocenters. The number of rotatable bonds is 5. The molecule has 2 heterocycles. The zero-order valence-corrected chi connectivity index (χ0v) is 11.8. The minimum Gasteiger partial charge on any atom is -0.493 e. The minimum absolute atomic E-state index is 0.0182. The third-order valence-corrected chi connectivity index (χ3v) is 3.59. The van der Waals surface area contributed by atoms with E-state index in [0.29, 0.717) is 13.2 Å². The van der Waals surface area contributed by atoms with Crippen molar-refractivity contribution in [2.75, 3.05) is 19.8 Å². The third-order valence-electron chi connectivity index (χ3n) is 2.53. The lowest BCUT2D eigenvalue weighted by Crippen LogP contribution is -2.31. The first-order valence-corrected chi connectivity index (χ1v) is 6.99. The Morgan fingerprint density at radius 3 is 3.00 bits per heavy atom. The van der Waals surface area contributed by atoms with Crippen LogP contribution in [0.5, 0.6) is 0 Å². The summed E-state index contributed by atoms with van der Waals surface area (Å²) in [4.78, 5) is 24.2. The van der Waals surface area contributed by atoms with E-state index in [4.69, 9.17) is 14.2 Å². The van der Waals surface area contributed by atoms with E-state index in [1.807, 2.05) is 24.4 Å². The molecule has 0 unspecified atom stereocenters. The largest absolute Gasteiger partial charge is 0.493 e. The normalized spacial score (nSPS) is 15.3. The topological polar surface area (TPSA) is 73.9 Å². The highest BCUT2D eigenvalue weighted by molar-refractivity contribution is 7.10. The van der Waals surface area contributed by atoms with Gasteiger partial charge in [-0.05, 0) is 18.4 Å². The number of carbonyl (C=O) groups is 2. The molecule has 108 valence electrons. The van der Waals surface area contributed by atoms with Crippen molar-refractivity contribution in [3.05, 3.63) is 34.4 Å². The number of nitrogens with one attached hydrogen (secondary N) is 1. The summed E-state index contributed by atoms with van der Waals surface area (Å²) in [6.07, 6.45) is 1.19. The van der Waals surface area contributed by atoms with Crippen LogP contribution in [0.25, 0.3) is 0 Å². The number of esters is 1. The molecular formula is C13H15NO5S. The van der Waals surface area contributed by atoms with E-state index in [2.05, 4.69) is 5.32 Å². The van der Waals surface area contributed by atoms with E-state index in [0.717, 1.165) is 4.88 Å². The van der Waals surface area contributed by atoms with E-state index < -0.39 is 5.97 Å². The first kappa shape index (κ1) is 14.4. The maximum absolute atomic E-state index is 11.7. The van der Waals surface area contributed by atoms with Gasteiger partial charge in [-0.2, -0.15) is 0 Å². The fourth-order valence-corrected chi connectivity index (χ4v) is 2.30. The summed E-state index contributed by atoms with van der Waals surface area (Å²) >= 11 is 1.55. The van der Waals surface area contributed by atoms with Gasteiger partial charge in [0.05, 0.1) is 6.04 Å². The van der Waals surface area contributed by atoms with Gasteiger partial charge < -0.3 is 19.5 Å². The SMILES string of the molecule is C[C@H](NC(=O)COC(=O)C1=COCCO1)c1cccs1. The van der Waals surface area contributed by atoms with Crippen molar-refractivity contribution in [2.45, 2.75) is 13.0 Å². The Kier molecular flexibility index (Phi) is 5.00. The zero-order chi connectivity index (χ0) is 14.4. The van der Waals surface area contributed by atoms with E-state index in [-0.39, 0.29) is 24.3 Å². The molecule has 0 bridgehead atoms. The second-order valence-electron chi connectivity index (χ2n) is 4.08. The summed E-state index contributed by atoms with van der Waals surface area (Å²) in [5.41, 5.74) is 0. The van der Waals surface area contributed by atoms with Crippen LogP contribution in [0.15, 0.2) is 29.5 Å². The molecule has 0 spiro atoms. The highest BCUT2D eigenvalue weighted by Gasteiger charge is 2.18. The third kappa shape index (κ3) is 3.99. The van der Waals surface area contributed by atoms with Crippen molar-refractivity contribution in [3.8, 4) is 0 Å². The van der Waals surface area contributed by atoms with Gasteiger partial charge in [0.25, 0.3) is 5.91 Å². The standard InChI is InChI=1S/C13H15NO5S/c1-9(11-3-2-6-20-11)14-12(15)8-19-13(16)10-7-17-4-5-18-10/h2-3,6-7,9H,4-5,8H2,1H3,(H,14,15)/t9-/m0/s1. The number of thiophene rings is 1. The van der Waals surface area contributed by atoms with Crippen LogP contribution in [0.3, 0.4) is 0 Å². The van der Waals surface area contributed by atoms with Gasteiger partial charge in [0.15, 0.2) is 6.61 Å². The highest BCUT2D eigenvalue weighted by Crippen LogP contribution is 2.17. The molecule has 20 heavy (non-hydrogen) atoms. The predicted molar refractivity (Wildman–Crippen MR) is 71.8 cm³/mol. The van der Waals surface area contributed by atoms with Crippen LogP contribution in [0.2, 0.25) is 0 Å². The summed E-state index contributed by atoms with van der Waals surface area (Å²) in [5, 5.41) is 4.68. The molecule has 0 saturated carbocycles. The average molecular weight is 297 g/mol. The van der Waals surface area contributed by atoms with Gasteiger partial charge in [0, 0.05) is 4.88 Å². The highest BCUT2D eigenvalue weighted by atomic mass is 32.1. The summed E-state index contributed by atoms with van der Waals surface area (Å²) in [7, 11) is 0. The molecule has 1 aliphatic rings. The molecule has 6 nitrogen and oxygen atoms in total. The Morgan fingerprint density at radius 1 is 1.50 bits per heavy atom. The Balaban J connectivity index is 1.75. The lowest BCUT2D eigenvalue weighted by atomic mass is 10.3. The molecule has 1 N–H and O–H groups in total. The Morgan fingerprint density at radius 2 is 2.35 bits per heavy atom. The Labute approximate surface area is 120 Å². The van der Waals surface area contributed by atoms with Crippen molar-refractivity contribution in [1.82, 2.24) is 5.32 Å². The van der Waals surface area contributed by atoms with E-state index in [9.17, 15) is 9.59 Å². The van der Waals surface area contributed by atoms with Crippen LogP contribution in [0.1, 0.15) is 17.8 Å². The van der Waals surface area contributed by atoms with Gasteiger partial charge in [-0.25, -0.2) is 4.79 Å². The molecule has 0 radical (unpaired) electrons. The van der Waals surface area contributed by atoms with Gasteiger partial charge in [0.1, 0.15) is 19.5 Å². The van der Waals surface area contributed by atoms with Crippen LogP contribution < -0.4 is 5.32 Å². The molecular weight excluding hydrogens is 282 g/mol. The second-order valence-corrected chi connectivity index (χ2v) is 5.06. The molecule has 7 heteroatoms. The summed E-state index contributed by atoms with van der Waals surface area (Å²) in [6, 6.07) is 3.73. The van der Waals surface area contributed by atoms with Crippen LogP contribution in [-0.2, 0) is 23.8 Å². The molecule has 0 aromatic carbocycles. The number of amides is 1. The van der Waals surface area contributed by atoms with Crippen molar-refractivity contribution in [2.24, 2.45) is 0 Å². The maximum Gasteiger partial charge on any atom is 0.377 e. The minimum atomic E-state index is -0.705. The summed E-state index contributed by atoms with van der Waals surface area (Å²) in [5.74, 6) is -1.09. The molecule has 2 rings (SSSR count). The van der Waals surface area contributed by atoms with Crippen LogP contribution in [0, 0.1) is 0 Å². The molecule has 0 fully saturated rings. The van der Waals surface area contributed by atoms with Gasteiger partial charge >= 0.3 is 5.97 Å². The predicted octanol–water partition coefficient (Wildman–Crippen LogP) is 1.36. The monoisotopic (exact) mass is 297 g/mol. The zero-order valence-electron chi connectivity index (χ0n) is 11.0. The molecule has 0 aliphatic carbocycles. The molecule has 1 aromatic rings.